The lowest BCUT2D eigenvalue weighted by Gasteiger charge is -2.35. The summed E-state index contributed by atoms with van der Waals surface area (Å²) in [6, 6.07) is 7.62. The summed E-state index contributed by atoms with van der Waals surface area (Å²) in [4.78, 5) is 38.9. The van der Waals surface area contributed by atoms with Gasteiger partial charge in [0, 0.05) is 38.1 Å². The van der Waals surface area contributed by atoms with Crippen molar-refractivity contribution in [1.29, 1.82) is 5.26 Å². The molecule has 2 rings (SSSR count). The predicted molar refractivity (Wildman–Crippen MR) is 105 cm³/mol. The first-order chi connectivity index (χ1) is 13.6. The number of hydrogen-bond donors (Lipinski definition) is 2. The summed E-state index contributed by atoms with van der Waals surface area (Å²) in [5, 5.41) is 20.9. The summed E-state index contributed by atoms with van der Waals surface area (Å²) >= 11 is 0. The van der Waals surface area contributed by atoms with E-state index < -0.39 is 23.6 Å². The molecule has 0 radical (unpaired) electrons. The second-order valence-corrected chi connectivity index (χ2v) is 7.50. The number of anilines is 1. The number of carboxylic acids is 1. The summed E-state index contributed by atoms with van der Waals surface area (Å²) < 4.78 is 5.34. The minimum Gasteiger partial charge on any atom is -0.478 e. The van der Waals surface area contributed by atoms with Gasteiger partial charge >= 0.3 is 12.1 Å². The second kappa shape index (κ2) is 9.10. The van der Waals surface area contributed by atoms with E-state index in [0.29, 0.717) is 26.2 Å². The van der Waals surface area contributed by atoms with Crippen molar-refractivity contribution in [3.05, 3.63) is 41.6 Å². The van der Waals surface area contributed by atoms with Crippen LogP contribution >= 0.6 is 0 Å². The highest BCUT2D eigenvalue weighted by Crippen LogP contribution is 2.14. The molecule has 9 heteroatoms. The zero-order valence-corrected chi connectivity index (χ0v) is 16.6. The summed E-state index contributed by atoms with van der Waals surface area (Å²) in [5.74, 6) is -1.75. The average Bonchev–Trinajstić information content (AvgIpc) is 2.65. The van der Waals surface area contributed by atoms with Crippen molar-refractivity contribution in [2.75, 3.05) is 31.5 Å². The molecule has 0 unspecified atom stereocenters. The molecule has 1 aromatic carbocycles. The number of benzene rings is 1. The number of piperazine rings is 1. The van der Waals surface area contributed by atoms with E-state index in [9.17, 15) is 19.6 Å². The van der Waals surface area contributed by atoms with Crippen LogP contribution in [0.5, 0.6) is 0 Å². The molecule has 0 spiro atoms. The Balaban J connectivity index is 1.97. The highest BCUT2D eigenvalue weighted by atomic mass is 16.6. The second-order valence-electron chi connectivity index (χ2n) is 7.50. The van der Waals surface area contributed by atoms with Crippen LogP contribution in [0.4, 0.5) is 10.5 Å². The van der Waals surface area contributed by atoms with Gasteiger partial charge in [-0.05, 0) is 39.0 Å². The van der Waals surface area contributed by atoms with Gasteiger partial charge in [-0.3, -0.25) is 4.79 Å². The minimum atomic E-state index is -1.11. The van der Waals surface area contributed by atoms with Gasteiger partial charge in [0.2, 0.25) is 0 Å². The Labute approximate surface area is 169 Å². The molecule has 2 N–H and O–H groups in total. The van der Waals surface area contributed by atoms with Crippen LogP contribution in [-0.2, 0) is 9.53 Å². The molecule has 1 aliphatic heterocycles. The zero-order valence-electron chi connectivity index (χ0n) is 16.6. The number of carbonyl (C=O) groups excluding carboxylic acids is 2. The molecule has 1 heterocycles. The first kappa shape index (κ1) is 21.8. The van der Waals surface area contributed by atoms with E-state index in [0.717, 1.165) is 0 Å². The van der Waals surface area contributed by atoms with Crippen LogP contribution in [-0.4, -0.2) is 64.7 Å². The molecule has 1 aliphatic rings. The van der Waals surface area contributed by atoms with Crippen molar-refractivity contribution >= 4 is 23.7 Å². The Hall–Kier alpha value is -3.54. The molecule has 0 aromatic heterocycles. The van der Waals surface area contributed by atoms with E-state index in [4.69, 9.17) is 9.84 Å². The SMILES string of the molecule is CC(C)(C)OC(=O)N1CCN(/C=C(/C#N)C(=O)Nc2cccc(C(=O)O)c2)CC1. The highest BCUT2D eigenvalue weighted by molar-refractivity contribution is 6.06. The summed E-state index contributed by atoms with van der Waals surface area (Å²) in [6.45, 7) is 7.12. The molecule has 1 fully saturated rings. The molecule has 0 atom stereocenters. The number of carbonyl (C=O) groups is 3. The number of ether oxygens (including phenoxy) is 1. The third-order valence-corrected chi connectivity index (χ3v) is 4.01. The van der Waals surface area contributed by atoms with E-state index in [1.807, 2.05) is 6.07 Å². The lowest BCUT2D eigenvalue weighted by atomic mass is 10.2. The first-order valence-electron chi connectivity index (χ1n) is 9.07. The van der Waals surface area contributed by atoms with Gasteiger partial charge in [-0.15, -0.1) is 0 Å². The molecule has 9 nitrogen and oxygen atoms in total. The molecule has 2 amide bonds. The topological polar surface area (TPSA) is 123 Å². The quantitative estimate of drug-likeness (QED) is 0.587. The zero-order chi connectivity index (χ0) is 21.6. The van der Waals surface area contributed by atoms with Crippen LogP contribution < -0.4 is 5.32 Å². The molecule has 1 aromatic rings. The number of nitrogens with one attached hydrogen (secondary N) is 1. The standard InChI is InChI=1S/C20H24N4O5/c1-20(2,3)29-19(28)24-9-7-23(8-10-24)13-15(12-21)17(25)22-16-6-4-5-14(11-16)18(26)27/h4-6,11,13H,7-10H2,1-3H3,(H,22,25)(H,26,27)/b15-13-. The van der Waals surface area contributed by atoms with Gasteiger partial charge in [-0.25, -0.2) is 9.59 Å². The number of aromatic carboxylic acids is 1. The molecule has 0 bridgehead atoms. The Morgan fingerprint density at radius 2 is 1.86 bits per heavy atom. The number of rotatable bonds is 4. The van der Waals surface area contributed by atoms with Gasteiger partial charge in [0.05, 0.1) is 5.56 Å². The lowest BCUT2D eigenvalue weighted by molar-refractivity contribution is -0.112. The smallest absolute Gasteiger partial charge is 0.410 e. The van der Waals surface area contributed by atoms with E-state index in [2.05, 4.69) is 5.32 Å². The van der Waals surface area contributed by atoms with Gasteiger partial charge in [0.1, 0.15) is 17.2 Å². The molecular formula is C20H24N4O5. The lowest BCUT2D eigenvalue weighted by Crippen LogP contribution is -2.48. The fraction of sp³-hybridized carbons (Fsp3) is 0.400. The normalized spacial score (nSPS) is 14.8. The van der Waals surface area contributed by atoms with E-state index in [1.54, 1.807) is 36.6 Å². The number of nitrogens with zero attached hydrogens (tertiary/aromatic N) is 3. The average molecular weight is 400 g/mol. The van der Waals surface area contributed by atoms with Crippen molar-refractivity contribution in [1.82, 2.24) is 9.80 Å². The first-order valence-corrected chi connectivity index (χ1v) is 9.07. The van der Waals surface area contributed by atoms with Gasteiger partial charge in [-0.2, -0.15) is 5.26 Å². The van der Waals surface area contributed by atoms with Crippen LogP contribution in [0.25, 0.3) is 0 Å². The summed E-state index contributed by atoms with van der Waals surface area (Å²) in [6.07, 6.45) is 1.06. The van der Waals surface area contributed by atoms with Crippen molar-refractivity contribution < 1.29 is 24.2 Å². The van der Waals surface area contributed by atoms with Crippen molar-refractivity contribution in [3.8, 4) is 6.07 Å². The maximum Gasteiger partial charge on any atom is 0.410 e. The maximum atomic E-state index is 12.4. The van der Waals surface area contributed by atoms with Crippen molar-refractivity contribution in [2.45, 2.75) is 26.4 Å². The fourth-order valence-electron chi connectivity index (χ4n) is 2.61. The maximum absolute atomic E-state index is 12.4. The predicted octanol–water partition coefficient (Wildman–Crippen LogP) is 2.28. The monoisotopic (exact) mass is 400 g/mol. The number of nitriles is 1. The summed E-state index contributed by atoms with van der Waals surface area (Å²) in [7, 11) is 0. The van der Waals surface area contributed by atoms with Crippen LogP contribution in [0.2, 0.25) is 0 Å². The molecule has 0 aliphatic carbocycles. The van der Waals surface area contributed by atoms with Gasteiger partial charge in [0.25, 0.3) is 5.91 Å². The number of carboxylic acid groups (broad SMARTS) is 1. The Bertz CT molecular complexity index is 858. The largest absolute Gasteiger partial charge is 0.478 e. The van der Waals surface area contributed by atoms with Gasteiger partial charge < -0.3 is 25.0 Å². The van der Waals surface area contributed by atoms with Crippen LogP contribution in [0, 0.1) is 11.3 Å². The Kier molecular flexibility index (Phi) is 6.83. The van der Waals surface area contributed by atoms with Gasteiger partial charge in [0.15, 0.2) is 0 Å². The Morgan fingerprint density at radius 3 is 2.41 bits per heavy atom. The van der Waals surface area contributed by atoms with E-state index in [1.165, 1.54) is 24.4 Å². The minimum absolute atomic E-state index is 0.0311. The third kappa shape index (κ3) is 6.53. The fourth-order valence-corrected chi connectivity index (χ4v) is 2.61. The number of amides is 2. The van der Waals surface area contributed by atoms with Crippen molar-refractivity contribution in [3.63, 3.8) is 0 Å². The molecule has 0 saturated carbocycles. The number of hydrogen-bond acceptors (Lipinski definition) is 6. The molecule has 1 saturated heterocycles. The van der Waals surface area contributed by atoms with E-state index in [-0.39, 0.29) is 16.8 Å². The molecule has 154 valence electrons. The van der Waals surface area contributed by atoms with Crippen LogP contribution in [0.3, 0.4) is 0 Å². The Morgan fingerprint density at radius 1 is 1.21 bits per heavy atom. The third-order valence-electron chi connectivity index (χ3n) is 4.01. The van der Waals surface area contributed by atoms with Gasteiger partial charge in [-0.1, -0.05) is 6.07 Å². The van der Waals surface area contributed by atoms with Crippen LogP contribution in [0.15, 0.2) is 36.0 Å². The van der Waals surface area contributed by atoms with E-state index >= 15 is 0 Å². The highest BCUT2D eigenvalue weighted by Gasteiger charge is 2.25. The summed E-state index contributed by atoms with van der Waals surface area (Å²) in [5.41, 5.74) is -0.371. The molecule has 29 heavy (non-hydrogen) atoms. The van der Waals surface area contributed by atoms with Crippen molar-refractivity contribution in [2.24, 2.45) is 0 Å². The molecular weight excluding hydrogens is 376 g/mol. The van der Waals surface area contributed by atoms with Crippen LogP contribution in [0.1, 0.15) is 31.1 Å².